The third-order valence-electron chi connectivity index (χ3n) is 4.35. The predicted octanol–water partition coefficient (Wildman–Crippen LogP) is 2.33. The van der Waals surface area contributed by atoms with Crippen LogP contribution in [0, 0.1) is 11.3 Å². The van der Waals surface area contributed by atoms with E-state index < -0.39 is 49.0 Å². The van der Waals surface area contributed by atoms with Crippen LogP contribution in [0.2, 0.25) is 0 Å². The first kappa shape index (κ1) is 16.4. The van der Waals surface area contributed by atoms with E-state index in [1.807, 2.05) is 0 Å². The Morgan fingerprint density at radius 2 is 1.67 bits per heavy atom. The van der Waals surface area contributed by atoms with Gasteiger partial charge in [0.05, 0.1) is 5.92 Å². The molecule has 0 bridgehead atoms. The number of hydrogen-bond donors (Lipinski definition) is 1. The van der Waals surface area contributed by atoms with Crippen molar-refractivity contribution >= 4 is 5.91 Å². The normalized spacial score (nSPS) is 27.0. The molecule has 1 amide bonds. The second-order valence-corrected chi connectivity index (χ2v) is 5.61. The van der Waals surface area contributed by atoms with E-state index in [4.69, 9.17) is 0 Å². The van der Waals surface area contributed by atoms with Crippen LogP contribution in [0.4, 0.5) is 26.3 Å². The number of amides is 1. The molecule has 0 unspecified atom stereocenters. The summed E-state index contributed by atoms with van der Waals surface area (Å²) in [6.45, 7) is -0.883. The van der Waals surface area contributed by atoms with E-state index in [1.165, 1.54) is 0 Å². The molecule has 3 nitrogen and oxygen atoms in total. The number of nitrogens with one attached hydrogen (secondary N) is 1. The first-order valence-electron chi connectivity index (χ1n) is 6.71. The van der Waals surface area contributed by atoms with Crippen LogP contribution in [0.5, 0.6) is 0 Å². The topological polar surface area (TPSA) is 32.3 Å². The minimum atomic E-state index is -4.75. The largest absolute Gasteiger partial charge is 0.403 e. The van der Waals surface area contributed by atoms with E-state index >= 15 is 0 Å². The van der Waals surface area contributed by atoms with E-state index in [-0.39, 0.29) is 26.1 Å². The summed E-state index contributed by atoms with van der Waals surface area (Å²) in [5, 5.41) is 2.74. The molecule has 2 rings (SSSR count). The molecule has 9 heteroatoms. The molecule has 21 heavy (non-hydrogen) atoms. The Bertz CT molecular complexity index is 400. The van der Waals surface area contributed by atoms with E-state index in [9.17, 15) is 31.1 Å². The van der Waals surface area contributed by atoms with Crippen LogP contribution in [0.1, 0.15) is 19.3 Å². The number of nitrogens with zero attached hydrogens (tertiary/aromatic N) is 1. The van der Waals surface area contributed by atoms with Gasteiger partial charge < -0.3 is 10.2 Å². The van der Waals surface area contributed by atoms with Gasteiger partial charge in [-0.2, -0.15) is 26.3 Å². The smallest absolute Gasteiger partial charge is 0.341 e. The highest BCUT2D eigenvalue weighted by Gasteiger charge is 2.62. The van der Waals surface area contributed by atoms with Crippen molar-refractivity contribution in [2.75, 3.05) is 26.2 Å². The Hall–Kier alpha value is -0.990. The fraction of sp³-hybridized carbons (Fsp3) is 0.917. The summed E-state index contributed by atoms with van der Waals surface area (Å²) in [7, 11) is 0. The predicted molar refractivity (Wildman–Crippen MR) is 61.3 cm³/mol. The lowest BCUT2D eigenvalue weighted by Crippen LogP contribution is -2.56. The first-order chi connectivity index (χ1) is 9.58. The van der Waals surface area contributed by atoms with Gasteiger partial charge in [0, 0.05) is 13.1 Å². The Balaban J connectivity index is 2.17. The Kier molecular flexibility index (Phi) is 4.16. The number of halogens is 6. The van der Waals surface area contributed by atoms with Crippen molar-refractivity contribution in [3.63, 3.8) is 0 Å². The summed E-state index contributed by atoms with van der Waals surface area (Å²) >= 11 is 0. The van der Waals surface area contributed by atoms with Crippen LogP contribution in [0.3, 0.4) is 0 Å². The molecule has 1 atom stereocenters. The fourth-order valence-corrected chi connectivity index (χ4v) is 2.99. The zero-order valence-electron chi connectivity index (χ0n) is 11.2. The standard InChI is InChI=1S/C12H16F6N2O/c13-11(14,15)8-1-6-20(7-8)9(21)10(12(16,17)18)2-4-19-5-3-10/h8,19H,1-7H2/t8-/m1/s1. The fourth-order valence-electron chi connectivity index (χ4n) is 2.99. The van der Waals surface area contributed by atoms with Crippen molar-refractivity contribution in [3.05, 3.63) is 0 Å². The Morgan fingerprint density at radius 3 is 2.10 bits per heavy atom. The van der Waals surface area contributed by atoms with Crippen molar-refractivity contribution in [1.29, 1.82) is 0 Å². The van der Waals surface area contributed by atoms with Crippen molar-refractivity contribution in [2.45, 2.75) is 31.6 Å². The average molecular weight is 318 g/mol. The number of likely N-dealkylation sites (tertiary alicyclic amines) is 1. The minimum Gasteiger partial charge on any atom is -0.341 e. The highest BCUT2D eigenvalue weighted by molar-refractivity contribution is 5.84. The van der Waals surface area contributed by atoms with Crippen LogP contribution >= 0.6 is 0 Å². The third-order valence-corrected chi connectivity index (χ3v) is 4.35. The van der Waals surface area contributed by atoms with Crippen molar-refractivity contribution in [3.8, 4) is 0 Å². The molecule has 0 aromatic heterocycles. The third kappa shape index (κ3) is 2.97. The van der Waals surface area contributed by atoms with Crippen LogP contribution in [0.15, 0.2) is 0 Å². The minimum absolute atomic E-state index is 0.0296. The molecular weight excluding hydrogens is 302 g/mol. The number of piperidine rings is 1. The SMILES string of the molecule is O=C(N1CC[C@@H](C(F)(F)F)C1)C1(C(F)(F)F)CCNCC1. The van der Waals surface area contributed by atoms with Gasteiger partial charge in [-0.05, 0) is 32.4 Å². The maximum atomic E-state index is 13.3. The molecule has 2 aliphatic heterocycles. The second kappa shape index (κ2) is 5.33. The first-order valence-corrected chi connectivity index (χ1v) is 6.71. The summed E-state index contributed by atoms with van der Waals surface area (Å²) in [5.74, 6) is -2.93. The van der Waals surface area contributed by atoms with Crippen LogP contribution in [-0.4, -0.2) is 49.3 Å². The summed E-state index contributed by atoms with van der Waals surface area (Å²) in [6, 6.07) is 0. The van der Waals surface area contributed by atoms with Gasteiger partial charge in [-0.3, -0.25) is 4.79 Å². The number of hydrogen-bond acceptors (Lipinski definition) is 2. The van der Waals surface area contributed by atoms with E-state index in [0.717, 1.165) is 4.90 Å². The molecule has 0 saturated carbocycles. The quantitative estimate of drug-likeness (QED) is 0.753. The van der Waals surface area contributed by atoms with Crippen LogP contribution < -0.4 is 5.32 Å². The van der Waals surface area contributed by atoms with Crippen LogP contribution in [-0.2, 0) is 4.79 Å². The van der Waals surface area contributed by atoms with E-state index in [2.05, 4.69) is 5.32 Å². The van der Waals surface area contributed by atoms with Gasteiger partial charge in [0.2, 0.25) is 5.91 Å². The Morgan fingerprint density at radius 1 is 1.10 bits per heavy atom. The van der Waals surface area contributed by atoms with Gasteiger partial charge in [-0.15, -0.1) is 0 Å². The number of carbonyl (C=O) groups is 1. The molecule has 2 fully saturated rings. The molecule has 122 valence electrons. The highest BCUT2D eigenvalue weighted by Crippen LogP contribution is 2.47. The second-order valence-electron chi connectivity index (χ2n) is 5.61. The summed E-state index contributed by atoms with van der Waals surface area (Å²) in [6.07, 6.45) is -10.4. The zero-order valence-corrected chi connectivity index (χ0v) is 11.2. The number of rotatable bonds is 1. The lowest BCUT2D eigenvalue weighted by atomic mass is 9.77. The zero-order chi connectivity index (χ0) is 15.9. The highest BCUT2D eigenvalue weighted by atomic mass is 19.4. The summed E-state index contributed by atoms with van der Waals surface area (Å²) in [4.78, 5) is 13.0. The van der Waals surface area contributed by atoms with Crippen LogP contribution in [0.25, 0.3) is 0 Å². The van der Waals surface area contributed by atoms with Gasteiger partial charge in [0.25, 0.3) is 0 Å². The summed E-state index contributed by atoms with van der Waals surface area (Å²) in [5.41, 5.74) is -2.54. The maximum Gasteiger partial charge on any atom is 0.403 e. The molecular formula is C12H16F6N2O. The lowest BCUT2D eigenvalue weighted by Gasteiger charge is -2.40. The molecule has 2 aliphatic rings. The van der Waals surface area contributed by atoms with Gasteiger partial charge in [-0.1, -0.05) is 0 Å². The number of carbonyl (C=O) groups excluding carboxylic acids is 1. The molecule has 0 aliphatic carbocycles. The molecule has 1 N–H and O–H groups in total. The molecule has 2 heterocycles. The maximum absolute atomic E-state index is 13.3. The molecule has 0 radical (unpaired) electrons. The van der Waals surface area contributed by atoms with Crippen molar-refractivity contribution in [1.82, 2.24) is 10.2 Å². The van der Waals surface area contributed by atoms with Crippen molar-refractivity contribution in [2.24, 2.45) is 11.3 Å². The van der Waals surface area contributed by atoms with Gasteiger partial charge >= 0.3 is 12.4 Å². The van der Waals surface area contributed by atoms with Gasteiger partial charge in [0.1, 0.15) is 5.41 Å². The molecule has 0 aromatic carbocycles. The van der Waals surface area contributed by atoms with E-state index in [1.54, 1.807) is 0 Å². The Labute approximate surface area is 117 Å². The molecule has 0 spiro atoms. The van der Waals surface area contributed by atoms with Crippen molar-refractivity contribution < 1.29 is 31.1 Å². The molecule has 2 saturated heterocycles. The lowest BCUT2D eigenvalue weighted by molar-refractivity contribution is -0.233. The monoisotopic (exact) mass is 318 g/mol. The van der Waals surface area contributed by atoms with E-state index in [0.29, 0.717) is 0 Å². The average Bonchev–Trinajstić information content (AvgIpc) is 2.86. The molecule has 0 aromatic rings. The number of alkyl halides is 6. The summed E-state index contributed by atoms with van der Waals surface area (Å²) < 4.78 is 77.8. The van der Waals surface area contributed by atoms with Gasteiger partial charge in [-0.25, -0.2) is 0 Å². The van der Waals surface area contributed by atoms with Gasteiger partial charge in [0.15, 0.2) is 0 Å².